The van der Waals surface area contributed by atoms with Crippen LogP contribution in [-0.4, -0.2) is 106 Å². The summed E-state index contributed by atoms with van der Waals surface area (Å²) in [4.78, 5) is 73.7. The molecule has 0 aliphatic heterocycles. The van der Waals surface area contributed by atoms with E-state index in [2.05, 4.69) is 17.0 Å². The maximum Gasteiger partial charge on any atom is 0.371 e. The van der Waals surface area contributed by atoms with Crippen molar-refractivity contribution < 1.29 is 96.9 Å². The molecule has 0 radical (unpaired) electrons. The number of aryl methyl sites for hydroxylation is 1. The molecule has 4 aromatic carbocycles. The standard InChI is InChI=1S/C10H16O4S.C9H10O2.C8H14O2.C7H7NO3.C7H6O4.C7H6O2S.C5H4O3/c1-9(2)7-3-4-10(9,8(11)5-7)6-15(12,13)14;10-9(11)7-6-8-4-2-1-3-5-8;9-8(10)6-5-7-3-1-2-4-7;8-4-1-2-5(7(10)11)6(9)3-4;8-4-1-2-6(9)5(3-4)7(10)11;8-7(9)5-3-1-2-4-6(5)10;6-5(7)4-2-1-3-8-4/h7H,3-6H2,1-2H3,(H,12,13,14);1-5H,6-7H2,(H,10,11);7H,1-6H2,(H,9,10);1-3,9H,8H2,(H,10,11);1-3,8-9H,(H,10,11);1-4,10H,(H,8,9);1-3H,(H,6,7). The molecule has 12 N–H and O–H groups in total. The van der Waals surface area contributed by atoms with Gasteiger partial charge < -0.3 is 56.1 Å². The fourth-order valence-electron chi connectivity index (χ4n) is 8.42. The number of furan rings is 1. The number of thiol groups is 1. The van der Waals surface area contributed by atoms with Crippen molar-refractivity contribution in [2.45, 2.75) is 89.4 Å². The number of nitrogen functional groups attached to an aromatic ring is 1. The Labute approximate surface area is 443 Å². The number of nitrogens with two attached hydrogens (primary N) is 1. The van der Waals surface area contributed by atoms with Crippen molar-refractivity contribution in [1.29, 1.82) is 0 Å². The second-order valence-corrected chi connectivity index (χ2v) is 20.0. The lowest BCUT2D eigenvalue weighted by Crippen LogP contribution is -2.42. The molecule has 5 aromatic rings. The summed E-state index contributed by atoms with van der Waals surface area (Å²) in [5.41, 5.74) is 5.37. The highest BCUT2D eigenvalue weighted by Gasteiger charge is 2.65. The van der Waals surface area contributed by atoms with Crippen LogP contribution in [0, 0.1) is 22.7 Å². The average molecular weight is 1100 g/mol. The third-order valence-corrected chi connectivity index (χ3v) is 13.9. The number of phenolic OH excluding ortho intramolecular Hbond substituents is 1. The summed E-state index contributed by atoms with van der Waals surface area (Å²) in [7, 11) is -4.08. The van der Waals surface area contributed by atoms with Gasteiger partial charge in [0.1, 0.15) is 34.2 Å². The molecule has 3 aliphatic rings. The normalized spacial score (nSPS) is 16.5. The van der Waals surface area contributed by atoms with E-state index >= 15 is 0 Å². The summed E-state index contributed by atoms with van der Waals surface area (Å²) in [6.45, 7) is 3.89. The Kier molecular flexibility index (Phi) is 25.8. The van der Waals surface area contributed by atoms with E-state index in [0.717, 1.165) is 36.5 Å². The van der Waals surface area contributed by atoms with Gasteiger partial charge in [0.15, 0.2) is 0 Å². The second kappa shape index (κ2) is 30.5. The van der Waals surface area contributed by atoms with Crippen molar-refractivity contribution in [3.63, 3.8) is 0 Å². The van der Waals surface area contributed by atoms with Crippen LogP contribution < -0.4 is 5.73 Å². The van der Waals surface area contributed by atoms with Crippen molar-refractivity contribution in [1.82, 2.24) is 0 Å². The molecular formula is C53H63NO20S2. The number of phenols is 3. The number of aliphatic carboxylic acids is 2. The zero-order chi connectivity index (χ0) is 57.4. The number of rotatable bonds is 12. The summed E-state index contributed by atoms with van der Waals surface area (Å²) >= 11 is 3.96. The van der Waals surface area contributed by atoms with Gasteiger partial charge in [0.2, 0.25) is 5.76 Å². The summed E-state index contributed by atoms with van der Waals surface area (Å²) in [5, 5.41) is 77.0. The minimum absolute atomic E-state index is 0.0152. The number of carbonyl (C=O) groups is 7. The fraction of sp³-hybridized carbons (Fsp3) is 0.340. The lowest BCUT2D eigenvalue weighted by Gasteiger charge is -2.35. The van der Waals surface area contributed by atoms with Gasteiger partial charge >= 0.3 is 35.8 Å². The molecule has 3 saturated carbocycles. The molecule has 3 aliphatic carbocycles. The Morgan fingerprint density at radius 1 is 0.671 bits per heavy atom. The monoisotopic (exact) mass is 1100 g/mol. The maximum atomic E-state index is 11.9. The number of aromatic carboxylic acids is 4. The number of benzene rings is 4. The number of Topliss-reactive ketones (excluding diaryl/α,β-unsaturated/α-hetero) is 1. The Hall–Kier alpha value is -7.89. The van der Waals surface area contributed by atoms with Crippen molar-refractivity contribution >= 4 is 70.0 Å². The van der Waals surface area contributed by atoms with Crippen molar-refractivity contribution in [3.05, 3.63) is 137 Å². The second-order valence-electron chi connectivity index (χ2n) is 18.0. The minimum atomic E-state index is -4.08. The molecule has 21 nitrogen and oxygen atoms in total. The van der Waals surface area contributed by atoms with Gasteiger partial charge in [0.05, 0.1) is 23.0 Å². The molecular weight excluding hydrogens is 1030 g/mol. The average Bonchev–Trinajstić information content (AvgIpc) is 4.15. The predicted octanol–water partition coefficient (Wildman–Crippen LogP) is 9.13. The van der Waals surface area contributed by atoms with Gasteiger partial charge in [-0.05, 0) is 103 Å². The highest BCUT2D eigenvalue weighted by atomic mass is 32.2. The minimum Gasteiger partial charge on any atom is -0.508 e. The lowest BCUT2D eigenvalue weighted by molar-refractivity contribution is -0.138. The number of carbonyl (C=O) groups excluding carboxylic acids is 1. The molecule has 2 unspecified atom stereocenters. The highest BCUT2D eigenvalue weighted by molar-refractivity contribution is 7.85. The molecule has 1 aromatic heterocycles. The molecule has 76 heavy (non-hydrogen) atoms. The third-order valence-electron chi connectivity index (χ3n) is 12.6. The van der Waals surface area contributed by atoms with Crippen LogP contribution in [0.3, 0.4) is 0 Å². The number of anilines is 1. The number of hydrogen-bond acceptors (Lipinski definition) is 15. The molecule has 0 spiro atoms. The molecule has 1 heterocycles. The number of fused-ring (bicyclic) bond motifs is 2. The van der Waals surface area contributed by atoms with Gasteiger partial charge in [-0.3, -0.25) is 18.9 Å². The number of aromatic hydroxyl groups is 3. The van der Waals surface area contributed by atoms with E-state index in [1.807, 2.05) is 44.2 Å². The van der Waals surface area contributed by atoms with Gasteiger partial charge in [-0.25, -0.2) is 19.2 Å². The first-order valence-electron chi connectivity index (χ1n) is 23.3. The van der Waals surface area contributed by atoms with Crippen LogP contribution in [0.2, 0.25) is 0 Å². The Balaban J connectivity index is 0.000000306. The third kappa shape index (κ3) is 21.5. The molecule has 2 atom stereocenters. The highest BCUT2D eigenvalue weighted by Crippen LogP contribution is 2.64. The van der Waals surface area contributed by atoms with Crippen LogP contribution in [0.5, 0.6) is 17.2 Å². The number of carboxylic acid groups (broad SMARTS) is 6. The summed E-state index contributed by atoms with van der Waals surface area (Å²) in [5.74, 6) is -6.04. The Bertz CT molecular complexity index is 2850. The number of ketones is 1. The summed E-state index contributed by atoms with van der Waals surface area (Å²) in [6, 6.07) is 26.3. The van der Waals surface area contributed by atoms with Gasteiger partial charge in [0, 0.05) is 35.9 Å². The smallest absolute Gasteiger partial charge is 0.371 e. The van der Waals surface area contributed by atoms with Crippen LogP contribution in [0.25, 0.3) is 0 Å². The Morgan fingerprint density at radius 2 is 1.25 bits per heavy atom. The van der Waals surface area contributed by atoms with Crippen molar-refractivity contribution in [3.8, 4) is 17.2 Å². The van der Waals surface area contributed by atoms with Crippen LogP contribution in [0.4, 0.5) is 5.69 Å². The fourth-order valence-corrected chi connectivity index (χ4v) is 9.98. The van der Waals surface area contributed by atoms with E-state index in [0.29, 0.717) is 36.3 Å². The van der Waals surface area contributed by atoms with E-state index in [4.69, 9.17) is 56.2 Å². The topological polar surface area (TPSA) is 395 Å². The van der Waals surface area contributed by atoms with Crippen molar-refractivity contribution in [2.24, 2.45) is 22.7 Å². The quantitative estimate of drug-likeness (QED) is 0.0240. The Morgan fingerprint density at radius 3 is 1.67 bits per heavy atom. The van der Waals surface area contributed by atoms with Crippen LogP contribution in [-0.2, 0) is 30.9 Å². The zero-order valence-corrected chi connectivity index (χ0v) is 43.2. The molecule has 412 valence electrons. The van der Waals surface area contributed by atoms with Gasteiger partial charge in [-0.15, -0.1) is 12.6 Å². The predicted molar refractivity (Wildman–Crippen MR) is 279 cm³/mol. The molecule has 2 bridgehead atoms. The molecule has 3 fully saturated rings. The first-order chi connectivity index (χ1) is 35.5. The van der Waals surface area contributed by atoms with Gasteiger partial charge in [-0.2, -0.15) is 8.42 Å². The lowest BCUT2D eigenvalue weighted by atomic mass is 9.70. The van der Waals surface area contributed by atoms with E-state index < -0.39 is 57.1 Å². The number of hydrogen-bond donors (Lipinski definition) is 12. The van der Waals surface area contributed by atoms with Gasteiger partial charge in [0.25, 0.3) is 10.1 Å². The van der Waals surface area contributed by atoms with E-state index in [1.165, 1.54) is 74.4 Å². The number of carboxylic acids is 6. The van der Waals surface area contributed by atoms with E-state index in [1.54, 1.807) is 18.2 Å². The summed E-state index contributed by atoms with van der Waals surface area (Å²) in [6.07, 6.45) is 10.5. The van der Waals surface area contributed by atoms with E-state index in [-0.39, 0.29) is 63.2 Å². The van der Waals surface area contributed by atoms with Crippen LogP contribution >= 0.6 is 12.6 Å². The molecule has 23 heteroatoms. The molecule has 0 amide bonds. The first-order valence-corrected chi connectivity index (χ1v) is 25.4. The van der Waals surface area contributed by atoms with E-state index in [9.17, 15) is 42.0 Å². The van der Waals surface area contributed by atoms with Crippen molar-refractivity contribution in [2.75, 3.05) is 11.5 Å². The first kappa shape index (κ1) is 64.2. The maximum absolute atomic E-state index is 11.9. The summed E-state index contributed by atoms with van der Waals surface area (Å²) < 4.78 is 35.5. The van der Waals surface area contributed by atoms with Gasteiger partial charge in [-0.1, -0.05) is 82.0 Å². The SMILES string of the molecule is CC1(C)C2CCC1(CS(=O)(=O)O)C(=O)C2.Nc1ccc(C(=O)O)c(O)c1.O=C(O)CCC1CCCC1.O=C(O)CCc1ccccc1.O=C(O)c1cc(O)ccc1O.O=C(O)c1ccccc1S.O=C(O)c1ccco1. The van der Waals surface area contributed by atoms with Crippen LogP contribution in [0.15, 0.2) is 119 Å². The largest absolute Gasteiger partial charge is 0.508 e. The van der Waals surface area contributed by atoms with Crippen LogP contribution in [0.1, 0.15) is 125 Å². The molecule has 8 rings (SSSR count). The zero-order valence-electron chi connectivity index (χ0n) is 41.5. The molecule has 0 saturated heterocycles.